The lowest BCUT2D eigenvalue weighted by Crippen LogP contribution is -2.30. The van der Waals surface area contributed by atoms with Gasteiger partial charge in [0, 0.05) is 5.69 Å². The van der Waals surface area contributed by atoms with Gasteiger partial charge in [0.1, 0.15) is 11.6 Å². The molecule has 0 saturated heterocycles. The fourth-order valence-corrected chi connectivity index (χ4v) is 3.75. The number of para-hydroxylation sites is 1. The molecule has 6 nitrogen and oxygen atoms in total. The van der Waals surface area contributed by atoms with Crippen LogP contribution in [-0.4, -0.2) is 20.4 Å². The van der Waals surface area contributed by atoms with E-state index >= 15 is 0 Å². The molecule has 0 spiro atoms. The molecule has 1 atom stereocenters. The molecule has 0 saturated carbocycles. The summed E-state index contributed by atoms with van der Waals surface area (Å²) >= 11 is 0. The van der Waals surface area contributed by atoms with Gasteiger partial charge >= 0.3 is 0 Å². The van der Waals surface area contributed by atoms with E-state index < -0.39 is 27.9 Å². The van der Waals surface area contributed by atoms with Gasteiger partial charge in [-0.05, 0) is 74.0 Å². The molecule has 0 aliphatic rings. The number of halogens is 1. The maximum absolute atomic E-state index is 12.9. The molecule has 2 N–H and O–H groups in total. The normalized spacial score (nSPS) is 12.1. The number of ether oxygens (including phenoxy) is 1. The van der Waals surface area contributed by atoms with Gasteiger partial charge < -0.3 is 10.1 Å². The van der Waals surface area contributed by atoms with Gasteiger partial charge in [0.15, 0.2) is 6.10 Å². The van der Waals surface area contributed by atoms with E-state index in [9.17, 15) is 17.6 Å². The Bertz CT molecular complexity index is 1130. The molecule has 3 aromatic carbocycles. The highest BCUT2D eigenvalue weighted by molar-refractivity contribution is 7.92. The van der Waals surface area contributed by atoms with E-state index in [0.717, 1.165) is 5.56 Å². The van der Waals surface area contributed by atoms with Crippen molar-refractivity contribution in [1.29, 1.82) is 0 Å². The standard InChI is InChI=1S/C22H21FN2O4S/c1-15-5-3-4-6-21(15)25-30(27,28)20-13-9-18(10-14-20)24-22(26)16(2)29-19-11-7-17(23)8-12-19/h3-14,16,25H,1-2H3,(H,24,26). The van der Waals surface area contributed by atoms with Gasteiger partial charge in [-0.1, -0.05) is 18.2 Å². The van der Waals surface area contributed by atoms with Gasteiger partial charge in [0.2, 0.25) is 0 Å². The summed E-state index contributed by atoms with van der Waals surface area (Å²) in [4.78, 5) is 12.4. The Kier molecular flexibility index (Phi) is 6.37. The zero-order valence-electron chi connectivity index (χ0n) is 16.4. The second-order valence-electron chi connectivity index (χ2n) is 6.65. The van der Waals surface area contributed by atoms with Crippen LogP contribution in [0.15, 0.2) is 77.7 Å². The zero-order valence-corrected chi connectivity index (χ0v) is 17.2. The minimum absolute atomic E-state index is 0.0689. The molecule has 0 fully saturated rings. The van der Waals surface area contributed by atoms with Gasteiger partial charge in [-0.3, -0.25) is 9.52 Å². The molecule has 0 heterocycles. The maximum atomic E-state index is 12.9. The van der Waals surface area contributed by atoms with Crippen LogP contribution in [0.25, 0.3) is 0 Å². The number of benzene rings is 3. The van der Waals surface area contributed by atoms with Crippen molar-refractivity contribution in [3.63, 3.8) is 0 Å². The maximum Gasteiger partial charge on any atom is 0.265 e. The number of anilines is 2. The Hall–Kier alpha value is -3.39. The highest BCUT2D eigenvalue weighted by Crippen LogP contribution is 2.21. The van der Waals surface area contributed by atoms with E-state index in [1.165, 1.54) is 48.5 Å². The Labute approximate surface area is 174 Å². The minimum atomic E-state index is -3.76. The van der Waals surface area contributed by atoms with E-state index in [-0.39, 0.29) is 4.90 Å². The van der Waals surface area contributed by atoms with E-state index in [1.54, 1.807) is 19.1 Å². The molecule has 156 valence electrons. The SMILES string of the molecule is Cc1ccccc1NS(=O)(=O)c1ccc(NC(=O)C(C)Oc2ccc(F)cc2)cc1. The quantitative estimate of drug-likeness (QED) is 0.586. The van der Waals surface area contributed by atoms with Crippen LogP contribution in [-0.2, 0) is 14.8 Å². The molecule has 0 aliphatic heterocycles. The van der Waals surface area contributed by atoms with Crippen molar-refractivity contribution in [3.05, 3.63) is 84.2 Å². The van der Waals surface area contributed by atoms with Gasteiger partial charge in [0.25, 0.3) is 15.9 Å². The van der Waals surface area contributed by atoms with Crippen LogP contribution >= 0.6 is 0 Å². The number of carbonyl (C=O) groups excluding carboxylic acids is 1. The van der Waals surface area contributed by atoms with Gasteiger partial charge in [-0.2, -0.15) is 0 Å². The summed E-state index contributed by atoms with van der Waals surface area (Å²) < 4.78 is 46.1. The number of hydrogen-bond acceptors (Lipinski definition) is 4. The molecular weight excluding hydrogens is 407 g/mol. The number of nitrogens with one attached hydrogen (secondary N) is 2. The number of amides is 1. The Morgan fingerprint density at radius 2 is 1.60 bits per heavy atom. The smallest absolute Gasteiger partial charge is 0.265 e. The van der Waals surface area contributed by atoms with Crippen molar-refractivity contribution in [2.75, 3.05) is 10.0 Å². The van der Waals surface area contributed by atoms with Gasteiger partial charge in [0.05, 0.1) is 10.6 Å². The fourth-order valence-electron chi connectivity index (χ4n) is 2.62. The van der Waals surface area contributed by atoms with Crippen molar-refractivity contribution >= 4 is 27.3 Å². The molecule has 0 radical (unpaired) electrons. The van der Waals surface area contributed by atoms with Crippen LogP contribution in [0.5, 0.6) is 5.75 Å². The van der Waals surface area contributed by atoms with Gasteiger partial charge in [-0.15, -0.1) is 0 Å². The number of sulfonamides is 1. The van der Waals surface area contributed by atoms with E-state index in [4.69, 9.17) is 4.74 Å². The molecule has 0 aromatic heterocycles. The predicted octanol–water partition coefficient (Wildman–Crippen LogP) is 4.34. The summed E-state index contributed by atoms with van der Waals surface area (Å²) in [5.74, 6) is -0.456. The third-order valence-electron chi connectivity index (χ3n) is 4.32. The summed E-state index contributed by atoms with van der Waals surface area (Å²) in [6.07, 6.45) is -0.832. The highest BCUT2D eigenvalue weighted by atomic mass is 32.2. The molecule has 0 bridgehead atoms. The van der Waals surface area contributed by atoms with Crippen molar-refractivity contribution in [3.8, 4) is 5.75 Å². The second kappa shape index (κ2) is 8.96. The molecule has 3 aromatic rings. The molecule has 8 heteroatoms. The fraction of sp³-hybridized carbons (Fsp3) is 0.136. The average molecular weight is 428 g/mol. The topological polar surface area (TPSA) is 84.5 Å². The Balaban J connectivity index is 1.64. The van der Waals surface area contributed by atoms with Crippen LogP contribution in [0, 0.1) is 12.7 Å². The lowest BCUT2D eigenvalue weighted by atomic mass is 10.2. The van der Waals surface area contributed by atoms with Crippen LogP contribution < -0.4 is 14.8 Å². The monoisotopic (exact) mass is 428 g/mol. The first-order valence-electron chi connectivity index (χ1n) is 9.16. The van der Waals surface area contributed by atoms with Crippen molar-refractivity contribution in [2.45, 2.75) is 24.8 Å². The second-order valence-corrected chi connectivity index (χ2v) is 8.33. The van der Waals surface area contributed by atoms with E-state index in [0.29, 0.717) is 17.1 Å². The summed E-state index contributed by atoms with van der Waals surface area (Å²) in [7, 11) is -3.76. The van der Waals surface area contributed by atoms with Gasteiger partial charge in [-0.25, -0.2) is 12.8 Å². The third-order valence-corrected chi connectivity index (χ3v) is 5.70. The molecule has 0 aliphatic carbocycles. The summed E-state index contributed by atoms with van der Waals surface area (Å²) in [5, 5.41) is 2.66. The predicted molar refractivity (Wildman–Crippen MR) is 114 cm³/mol. The highest BCUT2D eigenvalue weighted by Gasteiger charge is 2.17. The first kappa shape index (κ1) is 21.3. The van der Waals surface area contributed by atoms with Crippen LogP contribution in [0.3, 0.4) is 0 Å². The number of rotatable bonds is 7. The molecular formula is C22H21FN2O4S. The summed E-state index contributed by atoms with van der Waals surface area (Å²) in [5.41, 5.74) is 1.73. The summed E-state index contributed by atoms with van der Waals surface area (Å²) in [6.45, 7) is 3.37. The molecule has 1 amide bonds. The Morgan fingerprint density at radius 1 is 0.967 bits per heavy atom. The minimum Gasteiger partial charge on any atom is -0.481 e. The van der Waals surface area contributed by atoms with Crippen molar-refractivity contribution in [1.82, 2.24) is 0 Å². The van der Waals surface area contributed by atoms with E-state index in [1.807, 2.05) is 19.1 Å². The first-order chi connectivity index (χ1) is 14.2. The van der Waals surface area contributed by atoms with Crippen molar-refractivity contribution in [2.24, 2.45) is 0 Å². The summed E-state index contributed by atoms with van der Waals surface area (Å²) in [6, 6.07) is 18.2. The lowest BCUT2D eigenvalue weighted by molar-refractivity contribution is -0.122. The first-order valence-corrected chi connectivity index (χ1v) is 10.6. The van der Waals surface area contributed by atoms with Crippen LogP contribution in [0.1, 0.15) is 12.5 Å². The van der Waals surface area contributed by atoms with Crippen molar-refractivity contribution < 1.29 is 22.3 Å². The lowest BCUT2D eigenvalue weighted by Gasteiger charge is -2.15. The molecule has 3 rings (SSSR count). The Morgan fingerprint density at radius 3 is 2.23 bits per heavy atom. The molecule has 30 heavy (non-hydrogen) atoms. The number of carbonyl (C=O) groups is 1. The molecule has 1 unspecified atom stereocenters. The number of hydrogen-bond donors (Lipinski definition) is 2. The van der Waals surface area contributed by atoms with Crippen LogP contribution in [0.4, 0.5) is 15.8 Å². The zero-order chi connectivity index (χ0) is 21.7. The third kappa shape index (κ3) is 5.36. The van der Waals surface area contributed by atoms with Crippen LogP contribution in [0.2, 0.25) is 0 Å². The number of aryl methyl sites for hydroxylation is 1. The average Bonchev–Trinajstić information content (AvgIpc) is 2.71. The largest absolute Gasteiger partial charge is 0.481 e. The van der Waals surface area contributed by atoms with E-state index in [2.05, 4.69) is 10.0 Å².